The Hall–Kier alpha value is -1.36. The Balaban J connectivity index is 2.43. The first kappa shape index (κ1) is 7.30. The van der Waals surface area contributed by atoms with E-state index in [0.29, 0.717) is 5.13 Å². The second-order valence-corrected chi connectivity index (χ2v) is 3.34. The van der Waals surface area contributed by atoms with Gasteiger partial charge in [0.15, 0.2) is 10.9 Å². The zero-order chi connectivity index (χ0) is 8.55. The highest BCUT2D eigenvalue weighted by Gasteiger charge is 2.01. The summed E-state index contributed by atoms with van der Waals surface area (Å²) in [4.78, 5) is 4.09. The molecule has 0 atom stereocenters. The van der Waals surface area contributed by atoms with Crippen molar-refractivity contribution in [3.8, 4) is 5.82 Å². The molecule has 0 radical (unpaired) electrons. The van der Waals surface area contributed by atoms with Crippen LogP contribution in [0.25, 0.3) is 5.82 Å². The average molecular weight is 180 g/mol. The van der Waals surface area contributed by atoms with Crippen LogP contribution in [0.3, 0.4) is 0 Å². The van der Waals surface area contributed by atoms with Crippen LogP contribution in [0.2, 0.25) is 0 Å². The second-order valence-electron chi connectivity index (χ2n) is 2.45. The highest BCUT2D eigenvalue weighted by Crippen LogP contribution is 2.14. The van der Waals surface area contributed by atoms with Crippen LogP contribution in [0.15, 0.2) is 17.6 Å². The van der Waals surface area contributed by atoms with Gasteiger partial charge in [-0.25, -0.2) is 9.67 Å². The van der Waals surface area contributed by atoms with Crippen LogP contribution in [0.1, 0.15) is 5.69 Å². The fourth-order valence-corrected chi connectivity index (χ4v) is 1.46. The summed E-state index contributed by atoms with van der Waals surface area (Å²) >= 11 is 1.41. The predicted molar refractivity (Wildman–Crippen MR) is 48.4 cm³/mol. The Morgan fingerprint density at radius 3 is 2.92 bits per heavy atom. The number of anilines is 1. The van der Waals surface area contributed by atoms with Gasteiger partial charge in [-0.05, 0) is 13.0 Å². The van der Waals surface area contributed by atoms with E-state index in [1.165, 1.54) is 11.3 Å². The number of nitrogen functional groups attached to an aromatic ring is 1. The summed E-state index contributed by atoms with van der Waals surface area (Å²) < 4.78 is 1.71. The molecule has 0 aliphatic rings. The van der Waals surface area contributed by atoms with Crippen LogP contribution < -0.4 is 5.73 Å². The van der Waals surface area contributed by atoms with Gasteiger partial charge in [-0.1, -0.05) is 0 Å². The predicted octanol–water partition coefficient (Wildman–Crippen LogP) is 1.22. The van der Waals surface area contributed by atoms with Crippen molar-refractivity contribution in [1.82, 2.24) is 14.8 Å². The van der Waals surface area contributed by atoms with Gasteiger partial charge >= 0.3 is 0 Å². The summed E-state index contributed by atoms with van der Waals surface area (Å²) in [5.41, 5.74) is 6.46. The molecule has 0 bridgehead atoms. The molecule has 2 rings (SSSR count). The number of aromatic nitrogens is 3. The van der Waals surface area contributed by atoms with E-state index in [2.05, 4.69) is 10.1 Å². The molecular weight excluding hydrogens is 172 g/mol. The third-order valence-corrected chi connectivity index (χ3v) is 2.13. The summed E-state index contributed by atoms with van der Waals surface area (Å²) in [7, 11) is 0. The van der Waals surface area contributed by atoms with E-state index in [1.54, 1.807) is 4.68 Å². The molecule has 4 nitrogen and oxygen atoms in total. The third kappa shape index (κ3) is 1.18. The number of thiazole rings is 1. The zero-order valence-corrected chi connectivity index (χ0v) is 7.38. The van der Waals surface area contributed by atoms with Gasteiger partial charge in [-0.3, -0.25) is 0 Å². The van der Waals surface area contributed by atoms with Crippen molar-refractivity contribution in [3.63, 3.8) is 0 Å². The minimum Gasteiger partial charge on any atom is -0.375 e. The Morgan fingerprint density at radius 1 is 1.58 bits per heavy atom. The molecule has 0 aromatic carbocycles. The lowest BCUT2D eigenvalue weighted by atomic mass is 10.5. The Morgan fingerprint density at radius 2 is 2.42 bits per heavy atom. The van der Waals surface area contributed by atoms with Crippen molar-refractivity contribution in [2.45, 2.75) is 6.92 Å². The van der Waals surface area contributed by atoms with Gasteiger partial charge in [0.05, 0.1) is 5.69 Å². The Bertz CT molecular complexity index is 351. The number of hydrogen-bond acceptors (Lipinski definition) is 4. The molecule has 2 aromatic rings. The maximum Gasteiger partial charge on any atom is 0.182 e. The molecule has 0 amide bonds. The zero-order valence-electron chi connectivity index (χ0n) is 6.56. The minimum absolute atomic E-state index is 0.568. The quantitative estimate of drug-likeness (QED) is 0.717. The minimum atomic E-state index is 0.568. The highest BCUT2D eigenvalue weighted by atomic mass is 32.1. The number of aryl methyl sites for hydroxylation is 1. The van der Waals surface area contributed by atoms with Crippen molar-refractivity contribution in [2.24, 2.45) is 0 Å². The van der Waals surface area contributed by atoms with Crippen molar-refractivity contribution in [3.05, 3.63) is 23.3 Å². The summed E-state index contributed by atoms with van der Waals surface area (Å²) in [6.07, 6.45) is 1.86. The molecule has 0 aliphatic carbocycles. The molecule has 2 aromatic heterocycles. The van der Waals surface area contributed by atoms with Crippen LogP contribution in [0.5, 0.6) is 0 Å². The molecule has 0 spiro atoms. The first-order valence-electron chi connectivity index (χ1n) is 3.49. The third-order valence-electron chi connectivity index (χ3n) is 1.47. The van der Waals surface area contributed by atoms with Gasteiger partial charge < -0.3 is 5.73 Å². The van der Waals surface area contributed by atoms with E-state index in [1.807, 2.05) is 24.6 Å². The first-order chi connectivity index (χ1) is 5.75. The lowest BCUT2D eigenvalue weighted by Gasteiger charge is -1.91. The number of nitrogens with zero attached hydrogens (tertiary/aromatic N) is 3. The highest BCUT2D eigenvalue weighted by molar-refractivity contribution is 7.13. The van der Waals surface area contributed by atoms with E-state index >= 15 is 0 Å². The topological polar surface area (TPSA) is 56.7 Å². The van der Waals surface area contributed by atoms with E-state index in [-0.39, 0.29) is 0 Å². The van der Waals surface area contributed by atoms with Gasteiger partial charge in [0.25, 0.3) is 0 Å². The summed E-state index contributed by atoms with van der Waals surface area (Å²) in [5, 5.41) is 6.64. The first-order valence-corrected chi connectivity index (χ1v) is 4.37. The number of hydrogen-bond donors (Lipinski definition) is 1. The van der Waals surface area contributed by atoms with Crippen LogP contribution in [-0.4, -0.2) is 14.8 Å². The maximum atomic E-state index is 5.49. The fourth-order valence-electron chi connectivity index (χ4n) is 0.927. The van der Waals surface area contributed by atoms with Crippen molar-refractivity contribution >= 4 is 16.5 Å². The molecular formula is C7H8N4S. The molecule has 62 valence electrons. The molecule has 0 saturated heterocycles. The molecule has 0 aliphatic heterocycles. The van der Waals surface area contributed by atoms with E-state index in [0.717, 1.165) is 11.5 Å². The van der Waals surface area contributed by atoms with Crippen molar-refractivity contribution in [2.75, 3.05) is 5.73 Å². The van der Waals surface area contributed by atoms with Crippen molar-refractivity contribution in [1.29, 1.82) is 0 Å². The van der Waals surface area contributed by atoms with E-state index in [9.17, 15) is 0 Å². The van der Waals surface area contributed by atoms with E-state index < -0.39 is 0 Å². The summed E-state index contributed by atoms with van der Waals surface area (Å²) in [6.45, 7) is 1.94. The van der Waals surface area contributed by atoms with Crippen molar-refractivity contribution < 1.29 is 0 Å². The molecule has 2 N–H and O–H groups in total. The Kier molecular flexibility index (Phi) is 1.58. The molecule has 0 saturated carbocycles. The maximum absolute atomic E-state index is 5.49. The van der Waals surface area contributed by atoms with Crippen LogP contribution in [-0.2, 0) is 0 Å². The number of rotatable bonds is 1. The van der Waals surface area contributed by atoms with Gasteiger partial charge in [0.2, 0.25) is 0 Å². The SMILES string of the molecule is Cc1ccn(-c2csc(N)n2)n1. The smallest absolute Gasteiger partial charge is 0.182 e. The normalized spacial score (nSPS) is 10.4. The molecule has 5 heteroatoms. The standard InChI is InChI=1S/C7H8N4S/c1-5-2-3-11(10-5)6-4-12-7(8)9-6/h2-4H,1H3,(H2,8,9). The lowest BCUT2D eigenvalue weighted by molar-refractivity contribution is 0.841. The van der Waals surface area contributed by atoms with Gasteiger partial charge in [0, 0.05) is 11.6 Å². The van der Waals surface area contributed by atoms with Gasteiger partial charge in [0.1, 0.15) is 0 Å². The molecule has 2 heterocycles. The lowest BCUT2D eigenvalue weighted by Crippen LogP contribution is -1.95. The van der Waals surface area contributed by atoms with Crippen LogP contribution in [0, 0.1) is 6.92 Å². The molecule has 0 unspecified atom stereocenters. The van der Waals surface area contributed by atoms with Gasteiger partial charge in [-0.15, -0.1) is 11.3 Å². The van der Waals surface area contributed by atoms with E-state index in [4.69, 9.17) is 5.73 Å². The summed E-state index contributed by atoms with van der Waals surface area (Å²) in [5.74, 6) is 0.783. The second kappa shape index (κ2) is 2.60. The molecule has 0 fully saturated rings. The Labute approximate surface area is 73.7 Å². The fraction of sp³-hybridized carbons (Fsp3) is 0.143. The van der Waals surface area contributed by atoms with Crippen LogP contribution >= 0.6 is 11.3 Å². The molecule has 12 heavy (non-hydrogen) atoms. The largest absolute Gasteiger partial charge is 0.375 e. The number of nitrogens with two attached hydrogens (primary N) is 1. The average Bonchev–Trinajstić information content (AvgIpc) is 2.58. The van der Waals surface area contributed by atoms with Crippen LogP contribution in [0.4, 0.5) is 5.13 Å². The van der Waals surface area contributed by atoms with Gasteiger partial charge in [-0.2, -0.15) is 5.10 Å². The summed E-state index contributed by atoms with van der Waals surface area (Å²) in [6, 6.07) is 1.93. The monoisotopic (exact) mass is 180 g/mol.